The van der Waals surface area contributed by atoms with Crippen LogP contribution in [0.2, 0.25) is 0 Å². The molecule has 5 atom stereocenters. The van der Waals surface area contributed by atoms with Crippen molar-refractivity contribution in [1.82, 2.24) is 0 Å². The number of benzene rings is 2. The summed E-state index contributed by atoms with van der Waals surface area (Å²) in [6, 6.07) is 6.41. The van der Waals surface area contributed by atoms with E-state index in [1.807, 2.05) is 0 Å². The fourth-order valence-electron chi connectivity index (χ4n) is 3.86. The molecular weight excluding hydrogens is 496 g/mol. The highest BCUT2D eigenvalue weighted by atomic mass is 16.7. The predicted molar refractivity (Wildman–Crippen MR) is 123 cm³/mol. The molecule has 0 aliphatic carbocycles. The third-order valence-electron chi connectivity index (χ3n) is 5.74. The summed E-state index contributed by atoms with van der Waals surface area (Å²) in [5, 5.41) is 61.0. The number of aliphatic hydroxyl groups excluding tert-OH is 3. The maximum absolute atomic E-state index is 13.6. The molecule has 6 N–H and O–H groups in total. The van der Waals surface area contributed by atoms with E-state index in [4.69, 9.17) is 23.4 Å². The molecule has 0 amide bonds. The topological polar surface area (TPSA) is 206 Å². The van der Waals surface area contributed by atoms with Gasteiger partial charge in [-0.15, -0.1) is 0 Å². The fourth-order valence-corrected chi connectivity index (χ4v) is 3.86. The molecule has 13 nitrogen and oxygen atoms in total. The van der Waals surface area contributed by atoms with Gasteiger partial charge < -0.3 is 54.0 Å². The van der Waals surface area contributed by atoms with E-state index in [1.165, 1.54) is 24.3 Å². The molecule has 2 aromatic carbocycles. The third kappa shape index (κ3) is 4.84. The second-order valence-electron chi connectivity index (χ2n) is 8.22. The third-order valence-corrected chi connectivity index (χ3v) is 5.74. The number of carbonyl (C=O) groups excluding carboxylic acids is 1. The number of aliphatic hydroxyl groups is 3. The Kier molecular flexibility index (Phi) is 7.14. The number of fused-ring (bicyclic) bond motifs is 1. The first-order valence-corrected chi connectivity index (χ1v) is 10.9. The van der Waals surface area contributed by atoms with Gasteiger partial charge in [0.05, 0.1) is 7.11 Å². The maximum Gasteiger partial charge on any atom is 0.302 e. The van der Waals surface area contributed by atoms with Crippen molar-refractivity contribution < 1.29 is 58.8 Å². The van der Waals surface area contributed by atoms with Gasteiger partial charge >= 0.3 is 5.97 Å². The van der Waals surface area contributed by atoms with Gasteiger partial charge in [0.25, 0.3) is 0 Å². The molecule has 3 aromatic rings. The van der Waals surface area contributed by atoms with E-state index < -0.39 is 77.1 Å². The highest BCUT2D eigenvalue weighted by Crippen LogP contribution is 2.43. The van der Waals surface area contributed by atoms with Crippen molar-refractivity contribution in [3.05, 3.63) is 40.6 Å². The predicted octanol–water partition coefficient (Wildman–Crippen LogP) is 0.335. The van der Waals surface area contributed by atoms with Crippen LogP contribution in [0.4, 0.5) is 0 Å². The van der Waals surface area contributed by atoms with Crippen molar-refractivity contribution in [3.63, 3.8) is 0 Å². The van der Waals surface area contributed by atoms with Gasteiger partial charge in [0.2, 0.25) is 23.2 Å². The van der Waals surface area contributed by atoms with Crippen LogP contribution in [0.1, 0.15) is 6.92 Å². The number of methoxy groups -OCH3 is 1. The van der Waals surface area contributed by atoms with Crippen molar-refractivity contribution in [3.8, 4) is 40.1 Å². The van der Waals surface area contributed by atoms with Crippen LogP contribution >= 0.6 is 0 Å². The lowest BCUT2D eigenvalue weighted by Crippen LogP contribution is -2.60. The van der Waals surface area contributed by atoms with E-state index in [-0.39, 0.29) is 22.7 Å². The molecule has 37 heavy (non-hydrogen) atoms. The average Bonchev–Trinajstić information content (AvgIpc) is 2.85. The Balaban J connectivity index is 1.86. The van der Waals surface area contributed by atoms with Crippen molar-refractivity contribution in [2.24, 2.45) is 0 Å². The zero-order valence-electron chi connectivity index (χ0n) is 19.5. The minimum Gasteiger partial charge on any atom is -0.508 e. The van der Waals surface area contributed by atoms with Gasteiger partial charge in [-0.25, -0.2) is 0 Å². The van der Waals surface area contributed by atoms with Crippen LogP contribution < -0.4 is 14.9 Å². The summed E-state index contributed by atoms with van der Waals surface area (Å²) in [7, 11) is 1.16. The first-order chi connectivity index (χ1) is 17.5. The Labute approximate surface area is 208 Å². The zero-order valence-corrected chi connectivity index (χ0v) is 19.5. The number of esters is 1. The lowest BCUT2D eigenvalue weighted by Gasteiger charge is -2.39. The standard InChI is InChI=1S/C24H24O13/c1-9(25)34-8-14-16(28)19(31)20(32)24(36-14)37-23-18(30)15-13(7-12(27)22(33-2)17(15)29)35-21(23)10-3-5-11(26)6-4-10/h3-7,14,16,19-20,24,26-29,31-32H,8H2,1-2H3/t14-,16-,19+,20-,24+/m1/s1. The molecule has 0 saturated carbocycles. The molecule has 198 valence electrons. The molecule has 2 heterocycles. The summed E-state index contributed by atoms with van der Waals surface area (Å²) in [4.78, 5) is 24.8. The maximum atomic E-state index is 13.6. The number of phenols is 3. The second-order valence-corrected chi connectivity index (χ2v) is 8.22. The van der Waals surface area contributed by atoms with Crippen molar-refractivity contribution in [2.45, 2.75) is 37.6 Å². The van der Waals surface area contributed by atoms with Crippen LogP contribution in [0.25, 0.3) is 22.3 Å². The average molecular weight is 520 g/mol. The molecule has 1 fully saturated rings. The molecule has 0 bridgehead atoms. The number of phenolic OH excluding ortho intramolecular Hbond substituents is 3. The monoisotopic (exact) mass is 520 g/mol. The number of carbonyl (C=O) groups is 1. The minimum absolute atomic E-state index is 0.0918. The minimum atomic E-state index is -1.87. The fraction of sp³-hybridized carbons (Fsp3) is 0.333. The van der Waals surface area contributed by atoms with E-state index in [9.17, 15) is 40.2 Å². The normalized spacial score (nSPS) is 23.5. The van der Waals surface area contributed by atoms with Gasteiger partial charge in [0, 0.05) is 18.6 Å². The number of ether oxygens (including phenoxy) is 4. The molecule has 4 rings (SSSR count). The van der Waals surface area contributed by atoms with Crippen LogP contribution in [-0.2, 0) is 14.3 Å². The van der Waals surface area contributed by atoms with Gasteiger partial charge in [0.15, 0.2) is 17.3 Å². The van der Waals surface area contributed by atoms with E-state index in [0.717, 1.165) is 20.1 Å². The number of rotatable bonds is 6. The smallest absolute Gasteiger partial charge is 0.302 e. The number of aromatic hydroxyl groups is 3. The second kappa shape index (κ2) is 10.1. The lowest BCUT2D eigenvalue weighted by molar-refractivity contribution is -0.278. The SMILES string of the molecule is COc1c(O)cc2oc(-c3ccc(O)cc3)c(O[C@@H]3O[C@H](COC(C)=O)[C@@H](O)[C@H](O)[C@H]3O)c(=O)c2c1O. The summed E-state index contributed by atoms with van der Waals surface area (Å²) < 4.78 is 26.7. The van der Waals surface area contributed by atoms with Crippen molar-refractivity contribution in [2.75, 3.05) is 13.7 Å². The number of hydrogen-bond donors (Lipinski definition) is 6. The Morgan fingerprint density at radius 3 is 2.30 bits per heavy atom. The Hall–Kier alpha value is -4.04. The Bertz CT molecular complexity index is 1360. The molecule has 13 heteroatoms. The molecule has 1 aliphatic heterocycles. The van der Waals surface area contributed by atoms with Crippen molar-refractivity contribution in [1.29, 1.82) is 0 Å². The summed E-state index contributed by atoms with van der Waals surface area (Å²) in [5.41, 5.74) is -0.999. The lowest BCUT2D eigenvalue weighted by atomic mass is 9.99. The van der Waals surface area contributed by atoms with E-state index in [0.29, 0.717) is 0 Å². The molecule has 1 saturated heterocycles. The summed E-state index contributed by atoms with van der Waals surface area (Å²) in [6.07, 6.45) is -8.43. The number of hydrogen-bond acceptors (Lipinski definition) is 13. The molecule has 1 aromatic heterocycles. The molecule has 0 unspecified atom stereocenters. The quantitative estimate of drug-likeness (QED) is 0.243. The van der Waals surface area contributed by atoms with Gasteiger partial charge in [-0.1, -0.05) is 0 Å². The van der Waals surface area contributed by atoms with Crippen LogP contribution in [0, 0.1) is 0 Å². The first-order valence-electron chi connectivity index (χ1n) is 10.9. The van der Waals surface area contributed by atoms with E-state index in [2.05, 4.69) is 0 Å². The van der Waals surface area contributed by atoms with Gasteiger partial charge in [-0.2, -0.15) is 0 Å². The summed E-state index contributed by atoms with van der Waals surface area (Å²) in [5.74, 6) is -3.28. The summed E-state index contributed by atoms with van der Waals surface area (Å²) >= 11 is 0. The molecular formula is C24H24O13. The highest BCUT2D eigenvalue weighted by molar-refractivity contribution is 5.91. The largest absolute Gasteiger partial charge is 0.508 e. The van der Waals surface area contributed by atoms with Crippen molar-refractivity contribution >= 4 is 16.9 Å². The van der Waals surface area contributed by atoms with E-state index in [1.54, 1.807) is 0 Å². The molecule has 1 aliphatic rings. The molecule has 0 spiro atoms. The van der Waals surface area contributed by atoms with Crippen LogP contribution in [0.3, 0.4) is 0 Å². The Morgan fingerprint density at radius 2 is 1.68 bits per heavy atom. The van der Waals surface area contributed by atoms with Gasteiger partial charge in [-0.05, 0) is 24.3 Å². The van der Waals surface area contributed by atoms with Crippen LogP contribution in [0.5, 0.6) is 28.7 Å². The Morgan fingerprint density at radius 1 is 1.00 bits per heavy atom. The summed E-state index contributed by atoms with van der Waals surface area (Å²) in [6.45, 7) is 0.631. The first kappa shape index (κ1) is 26.0. The zero-order chi connectivity index (χ0) is 27.0. The van der Waals surface area contributed by atoms with Crippen LogP contribution in [0.15, 0.2) is 39.5 Å². The van der Waals surface area contributed by atoms with Crippen LogP contribution in [-0.4, -0.2) is 81.0 Å². The van der Waals surface area contributed by atoms with E-state index >= 15 is 0 Å². The van der Waals surface area contributed by atoms with Gasteiger partial charge in [0.1, 0.15) is 47.7 Å². The highest BCUT2D eigenvalue weighted by Gasteiger charge is 2.46. The van der Waals surface area contributed by atoms with Gasteiger partial charge in [-0.3, -0.25) is 9.59 Å². The molecule has 0 radical (unpaired) electrons.